The highest BCUT2D eigenvalue weighted by Gasteiger charge is 2.45. The van der Waals surface area contributed by atoms with E-state index in [1.54, 1.807) is 65.6 Å². The molecule has 3 heterocycles. The van der Waals surface area contributed by atoms with Crippen molar-refractivity contribution in [1.29, 1.82) is 0 Å². The van der Waals surface area contributed by atoms with Crippen molar-refractivity contribution in [3.05, 3.63) is 121 Å². The number of hydrazine groups is 1. The van der Waals surface area contributed by atoms with Gasteiger partial charge in [0.05, 0.1) is 7.11 Å². The number of hydrazone groups is 1. The predicted molar refractivity (Wildman–Crippen MR) is 227 cm³/mol. The lowest BCUT2D eigenvalue weighted by Crippen LogP contribution is -2.40. The lowest BCUT2D eigenvalue weighted by Gasteiger charge is -2.20. The van der Waals surface area contributed by atoms with E-state index in [1.165, 1.54) is 0 Å². The number of hydrogen-bond acceptors (Lipinski definition) is 13. The highest BCUT2D eigenvalue weighted by molar-refractivity contribution is 7.78. The third-order valence-corrected chi connectivity index (χ3v) is 10.3. The summed E-state index contributed by atoms with van der Waals surface area (Å²) in [4.78, 5) is 18.4. The van der Waals surface area contributed by atoms with Crippen LogP contribution in [-0.4, -0.2) is 75.9 Å². The first kappa shape index (κ1) is 41.6. The number of methoxy groups -OCH3 is 1. The van der Waals surface area contributed by atoms with Gasteiger partial charge in [0.15, 0.2) is 29.8 Å². The van der Waals surface area contributed by atoms with Crippen molar-refractivity contribution in [3.8, 4) is 34.5 Å². The number of rotatable bonds is 19. The van der Waals surface area contributed by atoms with Crippen LogP contribution in [0.1, 0.15) is 37.4 Å². The van der Waals surface area contributed by atoms with Crippen LogP contribution in [-0.2, 0) is 20.8 Å². The number of nitrogens with zero attached hydrogens (tertiary/aromatic N) is 5. The summed E-state index contributed by atoms with van der Waals surface area (Å²) in [7, 11) is 1.58. The topological polar surface area (TPSA) is 171 Å². The zero-order chi connectivity index (χ0) is 42.0. The minimum Gasteiger partial charge on any atom is -0.497 e. The molecule has 1 aromatic heterocycles. The van der Waals surface area contributed by atoms with Gasteiger partial charge in [0.1, 0.15) is 42.0 Å². The van der Waals surface area contributed by atoms with Crippen molar-refractivity contribution in [2.24, 2.45) is 16.0 Å². The molecule has 2 aliphatic rings. The molecule has 314 valence electrons. The first-order valence-corrected chi connectivity index (χ1v) is 20.6. The highest BCUT2D eigenvalue weighted by atomic mass is 32.2. The average Bonchev–Trinajstić information content (AvgIpc) is 4.01. The van der Waals surface area contributed by atoms with Crippen LogP contribution in [0.5, 0.6) is 34.5 Å². The van der Waals surface area contributed by atoms with Crippen molar-refractivity contribution in [1.82, 2.24) is 25.0 Å². The van der Waals surface area contributed by atoms with Crippen LogP contribution in [0.15, 0.2) is 120 Å². The summed E-state index contributed by atoms with van der Waals surface area (Å²) in [6.45, 7) is 8.58. The number of amidine groups is 1. The zero-order valence-corrected chi connectivity index (χ0v) is 34.8. The summed E-state index contributed by atoms with van der Waals surface area (Å²) in [5.41, 5.74) is 5.69. The van der Waals surface area contributed by atoms with Crippen molar-refractivity contribution < 1.29 is 36.9 Å². The second-order valence-corrected chi connectivity index (χ2v) is 15.0. The maximum absolute atomic E-state index is 13.5. The quantitative estimate of drug-likeness (QED) is 0.0777. The molecule has 5 unspecified atom stereocenters. The number of para-hydroxylation sites is 1. The van der Waals surface area contributed by atoms with Gasteiger partial charge in [-0.2, -0.15) is 14.4 Å². The summed E-state index contributed by atoms with van der Waals surface area (Å²) in [5.74, 6) is 3.42. The number of nitrogens with one attached hydrogen (secondary N) is 3. The third-order valence-electron chi connectivity index (χ3n) is 9.55. The van der Waals surface area contributed by atoms with Crippen LogP contribution in [0.4, 0.5) is 5.69 Å². The van der Waals surface area contributed by atoms with E-state index < -0.39 is 29.6 Å². The van der Waals surface area contributed by atoms with E-state index in [9.17, 15) is 9.00 Å². The smallest absolute Gasteiger partial charge is 0.288 e. The minimum atomic E-state index is -2.05. The van der Waals surface area contributed by atoms with Crippen LogP contribution in [0.25, 0.3) is 0 Å². The van der Waals surface area contributed by atoms with Gasteiger partial charge >= 0.3 is 0 Å². The van der Waals surface area contributed by atoms with Gasteiger partial charge in [0, 0.05) is 36.6 Å². The molecule has 0 bridgehead atoms. The standard InChI is InChI=1S/C43H48N8O8S/c1-6-35(58-36-19-13-28(2)25-29(36)3)42(52)46-31-14-20-37(57-34-17-15-32(54-5)16-18-34)38(26-31)59-60(53)45-27-30(4)40-47-41-39(50-22-10-21-44-50)43(49-51(41)48-40)56-24-23-55-33-11-8-7-9-12-33/h7-22,25-26,30,35,39,41,45H,6,23-24,27H2,1-5H3,(H,46,52)(H,47,48). The van der Waals surface area contributed by atoms with Crippen molar-refractivity contribution in [3.63, 3.8) is 0 Å². The van der Waals surface area contributed by atoms with Crippen LogP contribution < -0.4 is 38.6 Å². The Balaban J connectivity index is 0.991. The Morgan fingerprint density at radius 1 is 0.900 bits per heavy atom. The van der Waals surface area contributed by atoms with Crippen molar-refractivity contribution in [2.45, 2.75) is 52.4 Å². The molecule has 5 atom stereocenters. The number of benzene rings is 4. The molecular weight excluding hydrogens is 789 g/mol. The predicted octanol–water partition coefficient (Wildman–Crippen LogP) is 6.49. The number of ether oxygens (including phenoxy) is 5. The van der Waals surface area contributed by atoms with Gasteiger partial charge in [-0.3, -0.25) is 14.9 Å². The molecule has 0 spiro atoms. The van der Waals surface area contributed by atoms with E-state index in [0.717, 1.165) is 16.9 Å². The first-order valence-electron chi connectivity index (χ1n) is 19.5. The maximum atomic E-state index is 13.5. The first-order chi connectivity index (χ1) is 29.2. The summed E-state index contributed by atoms with van der Waals surface area (Å²) in [6, 6.07) is 28.6. The molecule has 4 aromatic carbocycles. The van der Waals surface area contributed by atoms with E-state index in [1.807, 2.05) is 88.5 Å². The molecule has 3 N–H and O–H groups in total. The van der Waals surface area contributed by atoms with Gasteiger partial charge in [0.2, 0.25) is 5.90 Å². The SMILES string of the molecule is CCC(Oc1ccc(C)cc1C)C(=O)Nc1ccc(Oc2ccc(OC)cc2)c(OS(=O)NCC(C)C2=NC3C(n4cccn4)C(OCCOc4ccccc4)=NN3N2)c1. The number of amides is 1. The van der Waals surface area contributed by atoms with Gasteiger partial charge in [-0.25, -0.2) is 9.71 Å². The fourth-order valence-electron chi connectivity index (χ4n) is 6.40. The molecule has 0 fully saturated rings. The molecule has 0 saturated carbocycles. The molecule has 60 heavy (non-hydrogen) atoms. The number of carbonyl (C=O) groups is 1. The number of carbonyl (C=O) groups excluding carboxylic acids is 1. The summed E-state index contributed by atoms with van der Waals surface area (Å²) >= 11 is -2.05. The molecule has 7 rings (SSSR count). The average molecular weight is 837 g/mol. The van der Waals surface area contributed by atoms with Gasteiger partial charge in [-0.15, -0.1) is 5.10 Å². The lowest BCUT2D eigenvalue weighted by atomic mass is 10.1. The Hall–Kier alpha value is -6.59. The normalized spacial score (nSPS) is 17.0. The van der Waals surface area contributed by atoms with Crippen molar-refractivity contribution >= 4 is 34.6 Å². The summed E-state index contributed by atoms with van der Waals surface area (Å²) in [5, 5.41) is 13.7. The van der Waals surface area contributed by atoms with Crippen LogP contribution >= 0.6 is 0 Å². The molecule has 0 aliphatic carbocycles. The van der Waals surface area contributed by atoms with Gasteiger partial charge < -0.3 is 33.2 Å². The molecule has 1 amide bonds. The van der Waals surface area contributed by atoms with Crippen LogP contribution in [0, 0.1) is 19.8 Å². The summed E-state index contributed by atoms with van der Waals surface area (Å²) < 4.78 is 53.5. The molecule has 17 heteroatoms. The van der Waals surface area contributed by atoms with E-state index in [2.05, 4.69) is 25.7 Å². The van der Waals surface area contributed by atoms with Gasteiger partial charge in [0.25, 0.3) is 17.2 Å². The number of anilines is 1. The maximum Gasteiger partial charge on any atom is 0.288 e. The number of hydrogen-bond donors (Lipinski definition) is 3. The van der Waals surface area contributed by atoms with Crippen LogP contribution in [0.3, 0.4) is 0 Å². The Kier molecular flexibility index (Phi) is 13.5. The fraction of sp³-hybridized carbons (Fsp3) is 0.302. The van der Waals surface area contributed by atoms with Gasteiger partial charge in [-0.1, -0.05) is 49.7 Å². The Bertz CT molecular complexity index is 2310. The fourth-order valence-corrected chi connectivity index (χ4v) is 7.13. The third kappa shape index (κ3) is 10.3. The second kappa shape index (κ2) is 19.4. The molecule has 5 aromatic rings. The van der Waals surface area contributed by atoms with E-state index in [0.29, 0.717) is 47.7 Å². The molecule has 16 nitrogen and oxygen atoms in total. The van der Waals surface area contributed by atoms with E-state index in [-0.39, 0.29) is 36.5 Å². The number of aliphatic imine (C=N–C) groups is 1. The second-order valence-electron chi connectivity index (χ2n) is 14.0. The van der Waals surface area contributed by atoms with E-state index >= 15 is 0 Å². The number of fused-ring (bicyclic) bond motifs is 1. The molecule has 0 saturated heterocycles. The van der Waals surface area contributed by atoms with Gasteiger partial charge in [-0.05, 0) is 86.5 Å². The monoisotopic (exact) mass is 836 g/mol. The van der Waals surface area contributed by atoms with Crippen LogP contribution in [0.2, 0.25) is 0 Å². The number of aromatic nitrogens is 2. The lowest BCUT2D eigenvalue weighted by molar-refractivity contribution is -0.122. The Morgan fingerprint density at radius 3 is 2.40 bits per heavy atom. The summed E-state index contributed by atoms with van der Waals surface area (Å²) in [6.07, 6.45) is 2.73. The largest absolute Gasteiger partial charge is 0.497 e. The molecule has 2 aliphatic heterocycles. The Labute approximate surface area is 351 Å². The van der Waals surface area contributed by atoms with E-state index in [4.69, 9.17) is 32.9 Å². The van der Waals surface area contributed by atoms with Crippen molar-refractivity contribution in [2.75, 3.05) is 32.2 Å². The molecular formula is C43H48N8O8S. The Morgan fingerprint density at radius 2 is 1.67 bits per heavy atom. The zero-order valence-electron chi connectivity index (χ0n) is 33.9. The molecule has 0 radical (unpaired) electrons. The highest BCUT2D eigenvalue weighted by Crippen LogP contribution is 2.36. The number of aryl methyl sites for hydroxylation is 2. The minimum absolute atomic E-state index is 0.125.